The molecule has 0 aliphatic heterocycles. The molecule has 3 heteroatoms. The van der Waals surface area contributed by atoms with Crippen molar-refractivity contribution in [2.45, 2.75) is 32.4 Å². The Labute approximate surface area is 102 Å². The lowest BCUT2D eigenvalue weighted by Crippen LogP contribution is -2.28. The first-order chi connectivity index (χ1) is 8.25. The predicted octanol–water partition coefficient (Wildman–Crippen LogP) is 2.46. The van der Waals surface area contributed by atoms with Crippen molar-refractivity contribution in [1.29, 1.82) is 0 Å². The predicted molar refractivity (Wildman–Crippen MR) is 69.7 cm³/mol. The quantitative estimate of drug-likeness (QED) is 0.872. The fourth-order valence-electron chi connectivity index (χ4n) is 2.37. The Balaban J connectivity index is 1.77. The van der Waals surface area contributed by atoms with Crippen molar-refractivity contribution in [3.63, 3.8) is 0 Å². The van der Waals surface area contributed by atoms with E-state index in [1.54, 1.807) is 0 Å². The van der Waals surface area contributed by atoms with E-state index in [-0.39, 0.29) is 0 Å². The van der Waals surface area contributed by atoms with Gasteiger partial charge in [-0.25, -0.2) is 4.98 Å². The summed E-state index contributed by atoms with van der Waals surface area (Å²) in [6.45, 7) is 3.14. The lowest BCUT2D eigenvalue weighted by Gasteiger charge is -2.12. The molecule has 1 aliphatic carbocycles. The molecule has 1 heterocycles. The zero-order chi connectivity index (χ0) is 11.8. The maximum atomic E-state index is 4.66. The molecule has 1 aromatic carbocycles. The first-order valence-electron chi connectivity index (χ1n) is 6.39. The van der Waals surface area contributed by atoms with E-state index in [1.165, 1.54) is 18.4 Å². The Hall–Kier alpha value is -1.35. The topological polar surface area (TPSA) is 29.9 Å². The van der Waals surface area contributed by atoms with Crippen LogP contribution in [0.4, 0.5) is 0 Å². The summed E-state index contributed by atoms with van der Waals surface area (Å²) < 4.78 is 2.18. The highest BCUT2D eigenvalue weighted by molar-refractivity contribution is 5.75. The van der Waals surface area contributed by atoms with E-state index < -0.39 is 0 Å². The molecular formula is C14H19N3. The molecule has 2 aromatic rings. The van der Waals surface area contributed by atoms with Gasteiger partial charge in [0.15, 0.2) is 0 Å². The summed E-state index contributed by atoms with van der Waals surface area (Å²) in [4.78, 5) is 4.66. The number of aryl methyl sites for hydroxylation is 1. The molecule has 1 saturated carbocycles. The summed E-state index contributed by atoms with van der Waals surface area (Å²) in [5.74, 6) is 2.02. The highest BCUT2D eigenvalue weighted by atomic mass is 15.1. The Bertz CT molecular complexity index is 525. The van der Waals surface area contributed by atoms with Gasteiger partial charge in [-0.1, -0.05) is 12.1 Å². The molecule has 0 bridgehead atoms. The molecule has 1 N–H and O–H groups in total. The van der Waals surface area contributed by atoms with Gasteiger partial charge in [-0.3, -0.25) is 0 Å². The highest BCUT2D eigenvalue weighted by Crippen LogP contribution is 2.32. The van der Waals surface area contributed by atoms with Crippen LogP contribution in [-0.4, -0.2) is 15.6 Å². The number of aromatic nitrogens is 2. The van der Waals surface area contributed by atoms with E-state index in [9.17, 15) is 0 Å². The van der Waals surface area contributed by atoms with Gasteiger partial charge in [0.2, 0.25) is 0 Å². The van der Waals surface area contributed by atoms with Gasteiger partial charge >= 0.3 is 0 Å². The molecule has 3 rings (SSSR count). The average molecular weight is 229 g/mol. The van der Waals surface area contributed by atoms with E-state index in [0.717, 1.165) is 23.8 Å². The SMILES string of the molecule is CC(NCc1nc2ccccc2n1C)C1CC1. The highest BCUT2D eigenvalue weighted by Gasteiger charge is 2.27. The third-order valence-corrected chi connectivity index (χ3v) is 3.79. The van der Waals surface area contributed by atoms with Crippen LogP contribution in [0.25, 0.3) is 11.0 Å². The molecule has 17 heavy (non-hydrogen) atoms. The fraction of sp³-hybridized carbons (Fsp3) is 0.500. The van der Waals surface area contributed by atoms with E-state index in [4.69, 9.17) is 0 Å². The van der Waals surface area contributed by atoms with Crippen LogP contribution in [-0.2, 0) is 13.6 Å². The van der Waals surface area contributed by atoms with Gasteiger partial charge in [-0.15, -0.1) is 0 Å². The molecular weight excluding hydrogens is 210 g/mol. The molecule has 0 saturated heterocycles. The molecule has 0 amide bonds. The normalized spacial score (nSPS) is 17.5. The second kappa shape index (κ2) is 4.15. The van der Waals surface area contributed by atoms with E-state index in [0.29, 0.717) is 6.04 Å². The van der Waals surface area contributed by atoms with Crippen LogP contribution >= 0.6 is 0 Å². The van der Waals surface area contributed by atoms with Crippen LogP contribution in [0, 0.1) is 5.92 Å². The Kier molecular flexibility index (Phi) is 2.63. The summed E-state index contributed by atoms with van der Waals surface area (Å²) in [5.41, 5.74) is 2.30. The Morgan fingerprint density at radius 2 is 2.18 bits per heavy atom. The largest absolute Gasteiger partial charge is 0.330 e. The maximum Gasteiger partial charge on any atom is 0.123 e. The number of para-hydroxylation sites is 2. The van der Waals surface area contributed by atoms with Crippen molar-refractivity contribution in [2.24, 2.45) is 13.0 Å². The van der Waals surface area contributed by atoms with Crippen molar-refractivity contribution in [1.82, 2.24) is 14.9 Å². The molecule has 90 valence electrons. The Morgan fingerprint density at radius 1 is 1.41 bits per heavy atom. The van der Waals surface area contributed by atoms with Crippen LogP contribution in [0.1, 0.15) is 25.6 Å². The second-order valence-electron chi connectivity index (χ2n) is 5.08. The number of nitrogens with zero attached hydrogens (tertiary/aromatic N) is 2. The fourth-order valence-corrected chi connectivity index (χ4v) is 2.37. The summed E-state index contributed by atoms with van der Waals surface area (Å²) in [7, 11) is 2.09. The minimum absolute atomic E-state index is 0.620. The van der Waals surface area contributed by atoms with Crippen molar-refractivity contribution in [3.05, 3.63) is 30.1 Å². The molecule has 1 aliphatic rings. The molecule has 1 fully saturated rings. The first kappa shape index (κ1) is 10.8. The number of hydrogen-bond donors (Lipinski definition) is 1. The number of rotatable bonds is 4. The maximum absolute atomic E-state index is 4.66. The van der Waals surface area contributed by atoms with Gasteiger partial charge in [0.05, 0.1) is 17.6 Å². The number of nitrogens with one attached hydrogen (secondary N) is 1. The van der Waals surface area contributed by atoms with E-state index in [2.05, 4.69) is 47.0 Å². The zero-order valence-electron chi connectivity index (χ0n) is 10.5. The summed E-state index contributed by atoms with van der Waals surface area (Å²) >= 11 is 0. The smallest absolute Gasteiger partial charge is 0.123 e. The lowest BCUT2D eigenvalue weighted by molar-refractivity contribution is 0.483. The van der Waals surface area contributed by atoms with Crippen LogP contribution < -0.4 is 5.32 Å². The van der Waals surface area contributed by atoms with Gasteiger partial charge in [0, 0.05) is 13.1 Å². The Morgan fingerprint density at radius 3 is 2.88 bits per heavy atom. The molecule has 0 radical (unpaired) electrons. The molecule has 1 unspecified atom stereocenters. The molecule has 3 nitrogen and oxygen atoms in total. The number of imidazole rings is 1. The van der Waals surface area contributed by atoms with Gasteiger partial charge in [0.1, 0.15) is 5.82 Å². The minimum Gasteiger partial charge on any atom is -0.330 e. The zero-order valence-corrected chi connectivity index (χ0v) is 10.5. The van der Waals surface area contributed by atoms with Gasteiger partial charge in [-0.05, 0) is 37.8 Å². The summed E-state index contributed by atoms with van der Waals surface area (Å²) in [5, 5.41) is 3.58. The van der Waals surface area contributed by atoms with E-state index in [1.807, 2.05) is 6.07 Å². The van der Waals surface area contributed by atoms with Gasteiger partial charge < -0.3 is 9.88 Å². The van der Waals surface area contributed by atoms with Crippen molar-refractivity contribution in [2.75, 3.05) is 0 Å². The average Bonchev–Trinajstić information content (AvgIpc) is 3.14. The monoisotopic (exact) mass is 229 g/mol. The molecule has 0 spiro atoms. The summed E-state index contributed by atoms with van der Waals surface area (Å²) in [6.07, 6.45) is 2.77. The minimum atomic E-state index is 0.620. The third kappa shape index (κ3) is 2.07. The molecule has 1 aromatic heterocycles. The number of benzene rings is 1. The van der Waals surface area contributed by atoms with Crippen molar-refractivity contribution < 1.29 is 0 Å². The molecule has 1 atom stereocenters. The van der Waals surface area contributed by atoms with Crippen molar-refractivity contribution >= 4 is 11.0 Å². The number of hydrogen-bond acceptors (Lipinski definition) is 2. The third-order valence-electron chi connectivity index (χ3n) is 3.79. The van der Waals surface area contributed by atoms with Crippen LogP contribution in [0.2, 0.25) is 0 Å². The standard InChI is InChI=1S/C14H19N3/c1-10(11-7-8-11)15-9-14-16-12-5-3-4-6-13(12)17(14)2/h3-6,10-11,15H,7-9H2,1-2H3. The first-order valence-corrected chi connectivity index (χ1v) is 6.39. The number of fused-ring (bicyclic) bond motifs is 1. The van der Waals surface area contributed by atoms with Crippen LogP contribution in [0.15, 0.2) is 24.3 Å². The van der Waals surface area contributed by atoms with Crippen molar-refractivity contribution in [3.8, 4) is 0 Å². The summed E-state index contributed by atoms with van der Waals surface area (Å²) in [6, 6.07) is 8.92. The second-order valence-corrected chi connectivity index (χ2v) is 5.08. The van der Waals surface area contributed by atoms with Gasteiger partial charge in [-0.2, -0.15) is 0 Å². The van der Waals surface area contributed by atoms with Crippen LogP contribution in [0.3, 0.4) is 0 Å². The lowest BCUT2D eigenvalue weighted by atomic mass is 10.2. The van der Waals surface area contributed by atoms with Crippen LogP contribution in [0.5, 0.6) is 0 Å². The van der Waals surface area contributed by atoms with E-state index >= 15 is 0 Å². The van der Waals surface area contributed by atoms with Gasteiger partial charge in [0.25, 0.3) is 0 Å².